The number of anilines is 1. The Balaban J connectivity index is 2.18. The minimum Gasteiger partial charge on any atom is -0.437 e. The van der Waals surface area contributed by atoms with E-state index in [1.165, 1.54) is 12.4 Å². The summed E-state index contributed by atoms with van der Waals surface area (Å²) >= 11 is 3.34. The Hall–Kier alpha value is -1.62. The molecule has 0 amide bonds. The Morgan fingerprint density at radius 3 is 2.53 bits per heavy atom. The van der Waals surface area contributed by atoms with Crippen LogP contribution in [0, 0.1) is 0 Å². The third-order valence-corrected chi connectivity index (χ3v) is 2.20. The van der Waals surface area contributed by atoms with Gasteiger partial charge in [-0.3, -0.25) is 4.98 Å². The van der Waals surface area contributed by atoms with Gasteiger partial charge in [0.15, 0.2) is 0 Å². The van der Waals surface area contributed by atoms with E-state index in [0.29, 0.717) is 17.4 Å². The highest BCUT2D eigenvalue weighted by Gasteiger charge is 1.99. The van der Waals surface area contributed by atoms with Gasteiger partial charge in [-0.05, 0) is 24.3 Å². The van der Waals surface area contributed by atoms with Crippen molar-refractivity contribution in [1.82, 2.24) is 9.97 Å². The molecule has 2 N–H and O–H groups in total. The molecule has 1 heterocycles. The molecule has 2 rings (SSSR count). The molecule has 0 fully saturated rings. The minimum atomic E-state index is 0.338. The van der Waals surface area contributed by atoms with E-state index in [0.717, 1.165) is 4.47 Å². The Morgan fingerprint density at radius 1 is 1.13 bits per heavy atom. The fourth-order valence-corrected chi connectivity index (χ4v) is 1.30. The summed E-state index contributed by atoms with van der Waals surface area (Å²) in [5.74, 6) is 1.42. The summed E-state index contributed by atoms with van der Waals surface area (Å²) < 4.78 is 6.43. The van der Waals surface area contributed by atoms with E-state index in [2.05, 4.69) is 25.9 Å². The number of aromatic nitrogens is 2. The molecule has 1 aromatic heterocycles. The maximum Gasteiger partial charge on any atom is 0.239 e. The largest absolute Gasteiger partial charge is 0.437 e. The summed E-state index contributed by atoms with van der Waals surface area (Å²) in [6, 6.07) is 7.42. The maximum absolute atomic E-state index is 5.48. The maximum atomic E-state index is 5.48. The molecule has 1 aromatic carbocycles. The summed E-state index contributed by atoms with van der Waals surface area (Å²) in [5, 5.41) is 0. The lowest BCUT2D eigenvalue weighted by Gasteiger charge is -2.04. The minimum absolute atomic E-state index is 0.338. The van der Waals surface area contributed by atoms with Gasteiger partial charge in [0.1, 0.15) is 11.6 Å². The van der Waals surface area contributed by atoms with Crippen LogP contribution in [0.4, 0.5) is 5.82 Å². The Morgan fingerprint density at radius 2 is 1.87 bits per heavy atom. The van der Waals surface area contributed by atoms with Crippen LogP contribution in [0.15, 0.2) is 41.1 Å². The molecule has 0 bridgehead atoms. The number of halogens is 1. The van der Waals surface area contributed by atoms with Crippen LogP contribution >= 0.6 is 15.9 Å². The molecular formula is C10H8BrN3O. The summed E-state index contributed by atoms with van der Waals surface area (Å²) in [6.07, 6.45) is 2.98. The highest BCUT2D eigenvalue weighted by atomic mass is 79.9. The lowest BCUT2D eigenvalue weighted by Crippen LogP contribution is -1.94. The third kappa shape index (κ3) is 2.66. The first kappa shape index (κ1) is 9.92. The lowest BCUT2D eigenvalue weighted by atomic mass is 10.3. The number of ether oxygens (including phenoxy) is 1. The van der Waals surface area contributed by atoms with Gasteiger partial charge in [-0.2, -0.15) is 4.98 Å². The van der Waals surface area contributed by atoms with Crippen LogP contribution in [0.3, 0.4) is 0 Å². The zero-order valence-corrected chi connectivity index (χ0v) is 9.31. The van der Waals surface area contributed by atoms with Gasteiger partial charge < -0.3 is 10.5 Å². The highest BCUT2D eigenvalue weighted by molar-refractivity contribution is 9.10. The molecule has 2 aromatic rings. The number of hydrogen-bond acceptors (Lipinski definition) is 4. The number of nitrogens with two attached hydrogens (primary N) is 1. The van der Waals surface area contributed by atoms with E-state index >= 15 is 0 Å². The van der Waals surface area contributed by atoms with Crippen LogP contribution in [0.5, 0.6) is 11.6 Å². The standard InChI is InChI=1S/C10H8BrN3O/c11-7-1-3-8(4-2-7)15-10-6-13-5-9(12)14-10/h1-6H,(H2,12,14). The smallest absolute Gasteiger partial charge is 0.239 e. The zero-order valence-electron chi connectivity index (χ0n) is 7.72. The molecular weight excluding hydrogens is 258 g/mol. The molecule has 0 spiro atoms. The average Bonchev–Trinajstić information content (AvgIpc) is 2.22. The third-order valence-electron chi connectivity index (χ3n) is 1.67. The van der Waals surface area contributed by atoms with E-state index in [1.54, 1.807) is 0 Å². The van der Waals surface area contributed by atoms with Crippen LogP contribution in [-0.4, -0.2) is 9.97 Å². The number of rotatable bonds is 2. The van der Waals surface area contributed by atoms with Crippen LogP contribution in [-0.2, 0) is 0 Å². The van der Waals surface area contributed by atoms with Crippen molar-refractivity contribution in [3.63, 3.8) is 0 Å². The normalized spacial score (nSPS) is 9.93. The molecule has 0 saturated heterocycles. The lowest BCUT2D eigenvalue weighted by molar-refractivity contribution is 0.461. The molecule has 76 valence electrons. The summed E-state index contributed by atoms with van der Waals surface area (Å²) in [5.41, 5.74) is 5.48. The van der Waals surface area contributed by atoms with Crippen molar-refractivity contribution in [2.75, 3.05) is 5.73 Å². The van der Waals surface area contributed by atoms with Gasteiger partial charge in [0.2, 0.25) is 5.88 Å². The van der Waals surface area contributed by atoms with Crippen LogP contribution in [0.2, 0.25) is 0 Å². The first-order valence-corrected chi connectivity index (χ1v) is 5.04. The van der Waals surface area contributed by atoms with Crippen LogP contribution < -0.4 is 10.5 Å². The molecule has 0 aliphatic heterocycles. The monoisotopic (exact) mass is 265 g/mol. The summed E-state index contributed by atoms with van der Waals surface area (Å²) in [6.45, 7) is 0. The fourth-order valence-electron chi connectivity index (χ4n) is 1.03. The Kier molecular flexibility index (Phi) is 2.82. The van der Waals surface area contributed by atoms with E-state index in [4.69, 9.17) is 10.5 Å². The van der Waals surface area contributed by atoms with Crippen molar-refractivity contribution in [3.8, 4) is 11.6 Å². The number of hydrogen-bond donors (Lipinski definition) is 1. The second-order valence-corrected chi connectivity index (χ2v) is 3.75. The topological polar surface area (TPSA) is 61.0 Å². The van der Waals surface area contributed by atoms with Gasteiger partial charge >= 0.3 is 0 Å². The van der Waals surface area contributed by atoms with Crippen molar-refractivity contribution >= 4 is 21.7 Å². The molecule has 0 saturated carbocycles. The molecule has 0 aliphatic rings. The number of nitrogens with zero attached hydrogens (tertiary/aromatic N) is 2. The Bertz CT molecular complexity index is 458. The summed E-state index contributed by atoms with van der Waals surface area (Å²) in [7, 11) is 0. The van der Waals surface area contributed by atoms with Gasteiger partial charge in [-0.15, -0.1) is 0 Å². The first-order valence-electron chi connectivity index (χ1n) is 4.25. The van der Waals surface area contributed by atoms with Crippen molar-refractivity contribution in [3.05, 3.63) is 41.1 Å². The van der Waals surface area contributed by atoms with Crippen molar-refractivity contribution in [2.24, 2.45) is 0 Å². The number of benzene rings is 1. The van der Waals surface area contributed by atoms with E-state index in [1.807, 2.05) is 24.3 Å². The molecule has 0 radical (unpaired) electrons. The fraction of sp³-hybridized carbons (Fsp3) is 0. The van der Waals surface area contributed by atoms with E-state index in [9.17, 15) is 0 Å². The quantitative estimate of drug-likeness (QED) is 0.907. The second-order valence-electron chi connectivity index (χ2n) is 2.84. The van der Waals surface area contributed by atoms with Crippen LogP contribution in [0.25, 0.3) is 0 Å². The Labute approximate surface area is 95.2 Å². The van der Waals surface area contributed by atoms with Gasteiger partial charge in [0, 0.05) is 4.47 Å². The molecule has 5 heteroatoms. The van der Waals surface area contributed by atoms with E-state index in [-0.39, 0.29) is 0 Å². The molecule has 0 atom stereocenters. The van der Waals surface area contributed by atoms with Crippen molar-refractivity contribution < 1.29 is 4.74 Å². The summed E-state index contributed by atoms with van der Waals surface area (Å²) in [4.78, 5) is 7.85. The SMILES string of the molecule is Nc1cncc(Oc2ccc(Br)cc2)n1. The van der Waals surface area contributed by atoms with Gasteiger partial charge in [-0.1, -0.05) is 15.9 Å². The van der Waals surface area contributed by atoms with Gasteiger partial charge in [-0.25, -0.2) is 0 Å². The van der Waals surface area contributed by atoms with Crippen molar-refractivity contribution in [2.45, 2.75) is 0 Å². The second kappa shape index (κ2) is 4.27. The van der Waals surface area contributed by atoms with E-state index < -0.39 is 0 Å². The van der Waals surface area contributed by atoms with Gasteiger partial charge in [0.05, 0.1) is 12.4 Å². The van der Waals surface area contributed by atoms with Crippen molar-refractivity contribution in [1.29, 1.82) is 0 Å². The molecule has 0 unspecified atom stereocenters. The van der Waals surface area contributed by atoms with Crippen LogP contribution in [0.1, 0.15) is 0 Å². The highest BCUT2D eigenvalue weighted by Crippen LogP contribution is 2.21. The van der Waals surface area contributed by atoms with Gasteiger partial charge in [0.25, 0.3) is 0 Å². The molecule has 4 nitrogen and oxygen atoms in total. The predicted molar refractivity (Wildman–Crippen MR) is 60.7 cm³/mol. The average molecular weight is 266 g/mol. The zero-order chi connectivity index (χ0) is 10.7. The molecule has 15 heavy (non-hydrogen) atoms. The predicted octanol–water partition coefficient (Wildman–Crippen LogP) is 2.61. The first-order chi connectivity index (χ1) is 7.24. The molecule has 0 aliphatic carbocycles. The number of nitrogen functional groups attached to an aromatic ring is 1.